The lowest BCUT2D eigenvalue weighted by Gasteiger charge is -2.32. The fourth-order valence-electron chi connectivity index (χ4n) is 5.43. The Balaban J connectivity index is 1.53. The van der Waals surface area contributed by atoms with Gasteiger partial charge in [-0.1, -0.05) is 35.0 Å². The van der Waals surface area contributed by atoms with E-state index in [1.165, 1.54) is 0 Å². The molecule has 1 amide bonds. The molecule has 5 rings (SSSR count). The van der Waals surface area contributed by atoms with Gasteiger partial charge < -0.3 is 19.1 Å². The third-order valence-corrected chi connectivity index (χ3v) is 7.68. The number of aromatic nitrogens is 3. The van der Waals surface area contributed by atoms with E-state index in [0.717, 1.165) is 27.8 Å². The number of esters is 1. The van der Waals surface area contributed by atoms with Crippen molar-refractivity contribution in [2.45, 2.75) is 32.2 Å². The SMILES string of the molecule is CCOC(=O)CC(c1cc(OC)c2c(c1)nnn2C)c1cccc2c1CCN(C(=O)c1cc(OC)ccc1Cl)C2. The second-order valence-corrected chi connectivity index (χ2v) is 10.1. The number of hydrogen-bond donors (Lipinski definition) is 0. The van der Waals surface area contributed by atoms with Crippen LogP contribution in [0.5, 0.6) is 11.5 Å². The van der Waals surface area contributed by atoms with Crippen LogP contribution in [0.1, 0.15) is 51.9 Å². The van der Waals surface area contributed by atoms with Crippen LogP contribution in [0.2, 0.25) is 5.02 Å². The van der Waals surface area contributed by atoms with Crippen LogP contribution in [0, 0.1) is 0 Å². The normalized spacial score (nSPS) is 13.6. The molecule has 3 aromatic carbocycles. The van der Waals surface area contributed by atoms with Crippen LogP contribution in [-0.4, -0.2) is 59.1 Å². The highest BCUT2D eigenvalue weighted by molar-refractivity contribution is 6.33. The first kappa shape index (κ1) is 27.5. The Labute approximate surface area is 237 Å². The monoisotopic (exact) mass is 562 g/mol. The molecule has 4 aromatic rings. The molecule has 1 atom stereocenters. The summed E-state index contributed by atoms with van der Waals surface area (Å²) in [5.41, 5.74) is 5.91. The molecule has 0 radical (unpaired) electrons. The standard InChI is InChI=1S/C30H31ClN4O5/c1-5-40-28(36)16-23(19-13-26-29(27(14-19)39-4)34(2)33-32-26)22-8-6-7-18-17-35(12-11-21(18)22)30(37)24-15-20(38-3)9-10-25(24)31/h6-10,13-15,23H,5,11-12,16-17H2,1-4H3. The smallest absolute Gasteiger partial charge is 0.306 e. The lowest BCUT2D eigenvalue weighted by Crippen LogP contribution is -2.36. The number of carbonyl (C=O) groups is 2. The largest absolute Gasteiger partial charge is 0.497 e. The van der Waals surface area contributed by atoms with Crippen molar-refractivity contribution in [2.24, 2.45) is 7.05 Å². The Bertz CT molecular complexity index is 1580. The molecule has 0 N–H and O–H groups in total. The molecule has 0 fully saturated rings. The Hall–Kier alpha value is -4.11. The molecule has 40 heavy (non-hydrogen) atoms. The van der Waals surface area contributed by atoms with Crippen LogP contribution in [-0.2, 0) is 29.5 Å². The Morgan fingerprint density at radius 2 is 1.93 bits per heavy atom. The topological polar surface area (TPSA) is 95.8 Å². The molecule has 1 unspecified atom stereocenters. The lowest BCUT2D eigenvalue weighted by molar-refractivity contribution is -0.143. The highest BCUT2D eigenvalue weighted by Gasteiger charge is 2.29. The van der Waals surface area contributed by atoms with E-state index in [9.17, 15) is 9.59 Å². The number of hydrogen-bond acceptors (Lipinski definition) is 7. The Kier molecular flexibility index (Phi) is 7.93. The minimum absolute atomic E-state index is 0.152. The molecular weight excluding hydrogens is 532 g/mol. The zero-order valence-corrected chi connectivity index (χ0v) is 23.7. The number of halogens is 1. The van der Waals surface area contributed by atoms with E-state index in [4.69, 9.17) is 25.8 Å². The number of nitrogens with zero attached hydrogens (tertiary/aromatic N) is 4. The van der Waals surface area contributed by atoms with Crippen molar-refractivity contribution in [1.29, 1.82) is 0 Å². The molecule has 1 aromatic heterocycles. The predicted molar refractivity (Wildman–Crippen MR) is 151 cm³/mol. The molecule has 1 aliphatic rings. The van der Waals surface area contributed by atoms with Crippen LogP contribution < -0.4 is 9.47 Å². The van der Waals surface area contributed by atoms with Gasteiger partial charge in [-0.05, 0) is 65.9 Å². The fraction of sp³-hybridized carbons (Fsp3) is 0.333. The van der Waals surface area contributed by atoms with Crippen LogP contribution in [0.25, 0.3) is 11.0 Å². The Morgan fingerprint density at radius 3 is 2.67 bits per heavy atom. The van der Waals surface area contributed by atoms with Crippen LogP contribution >= 0.6 is 11.6 Å². The van der Waals surface area contributed by atoms with Gasteiger partial charge in [-0.25, -0.2) is 4.68 Å². The first-order chi connectivity index (χ1) is 19.3. The molecule has 9 nitrogen and oxygen atoms in total. The van der Waals surface area contributed by atoms with Gasteiger partial charge in [-0.2, -0.15) is 0 Å². The van der Waals surface area contributed by atoms with Gasteiger partial charge in [0.15, 0.2) is 0 Å². The molecule has 0 bridgehead atoms. The summed E-state index contributed by atoms with van der Waals surface area (Å²) in [6.07, 6.45) is 0.782. The first-order valence-corrected chi connectivity index (χ1v) is 13.5. The van der Waals surface area contributed by atoms with E-state index in [-0.39, 0.29) is 24.2 Å². The molecule has 1 aliphatic heterocycles. The number of methoxy groups -OCH3 is 2. The molecule has 0 saturated heterocycles. The van der Waals surface area contributed by atoms with E-state index in [2.05, 4.69) is 10.3 Å². The molecule has 208 valence electrons. The first-order valence-electron chi connectivity index (χ1n) is 13.1. The van der Waals surface area contributed by atoms with Crippen LogP contribution in [0.15, 0.2) is 48.5 Å². The van der Waals surface area contributed by atoms with Crippen molar-refractivity contribution < 1.29 is 23.8 Å². The minimum Gasteiger partial charge on any atom is -0.497 e. The number of ether oxygens (including phenoxy) is 3. The van der Waals surface area contributed by atoms with E-state index in [0.29, 0.717) is 53.7 Å². The average Bonchev–Trinajstić information content (AvgIpc) is 3.35. The highest BCUT2D eigenvalue weighted by atomic mass is 35.5. The third-order valence-electron chi connectivity index (χ3n) is 7.35. The summed E-state index contributed by atoms with van der Waals surface area (Å²) in [5.74, 6) is 0.462. The number of fused-ring (bicyclic) bond motifs is 2. The summed E-state index contributed by atoms with van der Waals surface area (Å²) in [7, 11) is 4.98. The van der Waals surface area contributed by atoms with Gasteiger partial charge in [0.2, 0.25) is 0 Å². The van der Waals surface area contributed by atoms with E-state index >= 15 is 0 Å². The van der Waals surface area contributed by atoms with Gasteiger partial charge in [0, 0.05) is 26.1 Å². The third kappa shape index (κ3) is 5.21. The maximum absolute atomic E-state index is 13.4. The number of benzene rings is 3. The average molecular weight is 563 g/mol. The molecule has 10 heteroatoms. The number of rotatable bonds is 8. The number of aryl methyl sites for hydroxylation is 1. The van der Waals surface area contributed by atoms with Crippen molar-refractivity contribution in [3.05, 3.63) is 81.4 Å². The summed E-state index contributed by atoms with van der Waals surface area (Å²) < 4.78 is 18.0. The van der Waals surface area contributed by atoms with Crippen molar-refractivity contribution >= 4 is 34.5 Å². The lowest BCUT2D eigenvalue weighted by atomic mass is 9.82. The van der Waals surface area contributed by atoms with Gasteiger partial charge >= 0.3 is 5.97 Å². The van der Waals surface area contributed by atoms with Crippen molar-refractivity contribution in [1.82, 2.24) is 19.9 Å². The zero-order valence-electron chi connectivity index (χ0n) is 22.9. The summed E-state index contributed by atoms with van der Waals surface area (Å²) in [5, 5.41) is 8.82. The van der Waals surface area contributed by atoms with Crippen molar-refractivity contribution in [3.63, 3.8) is 0 Å². The minimum atomic E-state index is -0.301. The maximum Gasteiger partial charge on any atom is 0.306 e. The van der Waals surface area contributed by atoms with Crippen molar-refractivity contribution in [3.8, 4) is 11.5 Å². The quantitative estimate of drug-likeness (QED) is 0.281. The van der Waals surface area contributed by atoms with Gasteiger partial charge in [-0.3, -0.25) is 9.59 Å². The second-order valence-electron chi connectivity index (χ2n) is 9.67. The summed E-state index contributed by atoms with van der Waals surface area (Å²) >= 11 is 6.38. The van der Waals surface area contributed by atoms with Gasteiger partial charge in [0.25, 0.3) is 5.91 Å². The predicted octanol–water partition coefficient (Wildman–Crippen LogP) is 4.92. The van der Waals surface area contributed by atoms with Crippen molar-refractivity contribution in [2.75, 3.05) is 27.4 Å². The molecule has 2 heterocycles. The van der Waals surface area contributed by atoms with E-state index in [1.54, 1.807) is 48.9 Å². The molecule has 0 saturated carbocycles. The highest BCUT2D eigenvalue weighted by Crippen LogP contribution is 2.38. The molecule has 0 aliphatic carbocycles. The van der Waals surface area contributed by atoms with Gasteiger partial charge in [-0.15, -0.1) is 5.10 Å². The van der Waals surface area contributed by atoms with Crippen LogP contribution in [0.4, 0.5) is 0 Å². The maximum atomic E-state index is 13.4. The summed E-state index contributed by atoms with van der Waals surface area (Å²) in [6, 6.07) is 15.0. The summed E-state index contributed by atoms with van der Waals surface area (Å²) in [4.78, 5) is 28.1. The van der Waals surface area contributed by atoms with E-state index < -0.39 is 0 Å². The second kappa shape index (κ2) is 11.6. The van der Waals surface area contributed by atoms with E-state index in [1.807, 2.05) is 37.4 Å². The fourth-order valence-corrected chi connectivity index (χ4v) is 5.63. The Morgan fingerprint density at radius 1 is 1.10 bits per heavy atom. The van der Waals surface area contributed by atoms with Gasteiger partial charge in [0.1, 0.15) is 22.5 Å². The zero-order chi connectivity index (χ0) is 28.4. The molecular formula is C30H31ClN4O5. The van der Waals surface area contributed by atoms with Crippen LogP contribution in [0.3, 0.4) is 0 Å². The van der Waals surface area contributed by atoms with Gasteiger partial charge in [0.05, 0.1) is 37.8 Å². The summed E-state index contributed by atoms with van der Waals surface area (Å²) in [6.45, 7) is 3.03. The number of carbonyl (C=O) groups excluding carboxylic acids is 2. The molecule has 0 spiro atoms. The number of amides is 1.